The topological polar surface area (TPSA) is 138 Å². The van der Waals surface area contributed by atoms with Crippen molar-refractivity contribution in [2.75, 3.05) is 75.6 Å². The normalized spacial score (nSPS) is 16.4. The molecule has 0 aliphatic carbocycles. The van der Waals surface area contributed by atoms with Gasteiger partial charge in [-0.05, 0) is 51.2 Å². The lowest BCUT2D eigenvalue weighted by Crippen LogP contribution is -2.44. The fourth-order valence-electron chi connectivity index (χ4n) is 5.70. The molecule has 0 spiro atoms. The molecule has 1 amide bonds. The van der Waals surface area contributed by atoms with Crippen molar-refractivity contribution in [2.24, 2.45) is 0 Å². The number of aromatic nitrogens is 2. The highest BCUT2D eigenvalue weighted by molar-refractivity contribution is 7.89. The van der Waals surface area contributed by atoms with Crippen LogP contribution in [0.15, 0.2) is 41.3 Å². The van der Waals surface area contributed by atoms with Crippen molar-refractivity contribution >= 4 is 39.2 Å². The molecular weight excluding hydrogens is 636 g/mol. The van der Waals surface area contributed by atoms with E-state index in [1.807, 2.05) is 19.1 Å². The molecule has 2 aromatic carbocycles. The maximum atomic E-state index is 13.9. The van der Waals surface area contributed by atoms with Crippen LogP contribution in [0, 0.1) is 11.6 Å². The van der Waals surface area contributed by atoms with E-state index in [1.54, 1.807) is 20.1 Å². The van der Waals surface area contributed by atoms with E-state index >= 15 is 0 Å². The second-order valence-electron chi connectivity index (χ2n) is 11.6. The van der Waals surface area contributed by atoms with Crippen LogP contribution in [0.5, 0.6) is 0 Å². The van der Waals surface area contributed by atoms with Crippen molar-refractivity contribution < 1.29 is 36.3 Å². The summed E-state index contributed by atoms with van der Waals surface area (Å²) in [4.78, 5) is 30.6. The monoisotopic (exact) mass is 675 g/mol. The van der Waals surface area contributed by atoms with Crippen LogP contribution in [0.2, 0.25) is 0 Å². The molecule has 0 saturated carbocycles. The van der Waals surface area contributed by atoms with Crippen LogP contribution < -0.4 is 15.5 Å². The zero-order valence-corrected chi connectivity index (χ0v) is 27.6. The van der Waals surface area contributed by atoms with Gasteiger partial charge in [-0.15, -0.1) is 5.10 Å². The summed E-state index contributed by atoms with van der Waals surface area (Å²) in [5.74, 6) is -2.66. The fourth-order valence-corrected chi connectivity index (χ4v) is 7.16. The summed E-state index contributed by atoms with van der Waals surface area (Å²) in [6, 6.07) is 7.40. The van der Waals surface area contributed by atoms with Gasteiger partial charge in [-0.1, -0.05) is 0 Å². The first-order valence-electron chi connectivity index (χ1n) is 15.3. The zero-order chi connectivity index (χ0) is 33.9. The average Bonchev–Trinajstić information content (AvgIpc) is 3.38. The Labute approximate surface area is 272 Å². The lowest BCUT2D eigenvalue weighted by Gasteiger charge is -2.34. The Morgan fingerprint density at radius 2 is 1.74 bits per heavy atom. The van der Waals surface area contributed by atoms with Crippen LogP contribution in [0.3, 0.4) is 0 Å². The number of halogens is 2. The van der Waals surface area contributed by atoms with Gasteiger partial charge < -0.3 is 29.9 Å². The number of amides is 1. The van der Waals surface area contributed by atoms with E-state index in [0.29, 0.717) is 29.6 Å². The number of likely N-dealkylation sites (N-methyl/N-ethyl adjacent to an activating group) is 1. The Morgan fingerprint density at radius 1 is 1.04 bits per heavy atom. The number of nitrogens with zero attached hydrogens (tertiary/aromatic N) is 5. The number of rotatable bonds is 10. The molecule has 13 nitrogen and oxygen atoms in total. The largest absolute Gasteiger partial charge is 0.448 e. The van der Waals surface area contributed by atoms with Crippen LogP contribution in [-0.4, -0.2) is 106 Å². The first-order chi connectivity index (χ1) is 22.4. The van der Waals surface area contributed by atoms with E-state index in [0.717, 1.165) is 53.0 Å². The standard InChI is InChI=1S/C31H39F2N7O6S/c1-5-46-31(42)40-28-8-9-39(47(43,44)24-15-21(32)14-22(33)16-24)18-26(28)29(36-40)35-30(41)25-7-6-23(38-12-10-37(3)11-13-38)17-27(25)34-20(2)19-45-4/h6-7,14-17,20,34H,5,8-13,18-19H2,1-4H3,(H,35,36,41). The predicted octanol–water partition coefficient (Wildman–Crippen LogP) is 3.36. The van der Waals surface area contributed by atoms with Gasteiger partial charge in [0, 0.05) is 81.8 Å². The number of ether oxygens (including phenoxy) is 2. The van der Waals surface area contributed by atoms with Gasteiger partial charge in [-0.25, -0.2) is 22.0 Å². The summed E-state index contributed by atoms with van der Waals surface area (Å²) in [6.07, 6.45) is -0.769. The first-order valence-corrected chi connectivity index (χ1v) is 16.7. The number of fused-ring (bicyclic) bond motifs is 1. The molecule has 0 radical (unpaired) electrons. The first kappa shape index (κ1) is 34.2. The highest BCUT2D eigenvalue weighted by Crippen LogP contribution is 2.32. The number of hydrogen-bond donors (Lipinski definition) is 2. The Balaban J connectivity index is 1.48. The summed E-state index contributed by atoms with van der Waals surface area (Å²) in [5, 5.41) is 10.5. The van der Waals surface area contributed by atoms with Crippen LogP contribution in [0.4, 0.5) is 30.8 Å². The maximum absolute atomic E-state index is 13.9. The summed E-state index contributed by atoms with van der Waals surface area (Å²) >= 11 is 0. The van der Waals surface area contributed by atoms with Crippen molar-refractivity contribution in [3.8, 4) is 0 Å². The number of hydrogen-bond acceptors (Lipinski definition) is 10. The molecule has 1 atom stereocenters. The van der Waals surface area contributed by atoms with Gasteiger partial charge in [0.15, 0.2) is 5.82 Å². The third-order valence-electron chi connectivity index (χ3n) is 8.10. The maximum Gasteiger partial charge on any atom is 0.434 e. The zero-order valence-electron chi connectivity index (χ0n) is 26.8. The van der Waals surface area contributed by atoms with Gasteiger partial charge in [-0.3, -0.25) is 4.79 Å². The van der Waals surface area contributed by atoms with E-state index < -0.39 is 38.6 Å². The Morgan fingerprint density at radius 3 is 2.40 bits per heavy atom. The van der Waals surface area contributed by atoms with Gasteiger partial charge in [0.2, 0.25) is 10.0 Å². The summed E-state index contributed by atoms with van der Waals surface area (Å²) in [7, 11) is -0.697. The molecule has 2 aliphatic rings. The predicted molar refractivity (Wildman–Crippen MR) is 171 cm³/mol. The van der Waals surface area contributed by atoms with Gasteiger partial charge in [0.25, 0.3) is 5.91 Å². The van der Waals surface area contributed by atoms with Crippen molar-refractivity contribution in [3.05, 3.63) is 64.9 Å². The smallest absolute Gasteiger partial charge is 0.434 e. The number of carbonyl (C=O) groups is 2. The molecular formula is C31H39F2N7O6S. The number of nitrogens with one attached hydrogen (secondary N) is 2. The summed E-state index contributed by atoms with van der Waals surface area (Å²) < 4.78 is 67.3. The molecule has 1 fully saturated rings. The second-order valence-corrected chi connectivity index (χ2v) is 13.5. The molecule has 3 aromatic rings. The van der Waals surface area contributed by atoms with Crippen LogP contribution >= 0.6 is 0 Å². The minimum Gasteiger partial charge on any atom is -0.448 e. The van der Waals surface area contributed by atoms with E-state index in [4.69, 9.17) is 9.47 Å². The van der Waals surface area contributed by atoms with Gasteiger partial charge in [0.05, 0.1) is 29.4 Å². The molecule has 2 aliphatic heterocycles. The van der Waals surface area contributed by atoms with Crippen molar-refractivity contribution in [1.29, 1.82) is 0 Å². The van der Waals surface area contributed by atoms with Gasteiger partial charge in [-0.2, -0.15) is 8.99 Å². The Bertz CT molecular complexity index is 1720. The number of carbonyl (C=O) groups excluding carboxylic acids is 2. The van der Waals surface area contributed by atoms with Crippen LogP contribution in [0.1, 0.15) is 35.5 Å². The lowest BCUT2D eigenvalue weighted by atomic mass is 10.1. The van der Waals surface area contributed by atoms with Gasteiger partial charge >= 0.3 is 6.09 Å². The molecule has 1 unspecified atom stereocenters. The number of sulfonamides is 1. The van der Waals surface area contributed by atoms with Crippen molar-refractivity contribution in [3.63, 3.8) is 0 Å². The second kappa shape index (κ2) is 14.3. The van der Waals surface area contributed by atoms with E-state index in [9.17, 15) is 26.8 Å². The van der Waals surface area contributed by atoms with E-state index in [2.05, 4.69) is 32.6 Å². The molecule has 254 valence electrons. The minimum absolute atomic E-state index is 0.0229. The fraction of sp³-hybridized carbons (Fsp3) is 0.452. The molecule has 47 heavy (non-hydrogen) atoms. The van der Waals surface area contributed by atoms with Crippen LogP contribution in [-0.2, 0) is 32.5 Å². The quantitative estimate of drug-likeness (QED) is 0.329. The number of anilines is 3. The van der Waals surface area contributed by atoms with Crippen molar-refractivity contribution in [1.82, 2.24) is 19.0 Å². The van der Waals surface area contributed by atoms with E-state index in [1.165, 1.54) is 0 Å². The molecule has 2 N–H and O–H groups in total. The molecule has 0 bridgehead atoms. The van der Waals surface area contributed by atoms with E-state index in [-0.39, 0.29) is 43.5 Å². The molecule has 5 rings (SSSR count). The third kappa shape index (κ3) is 7.56. The van der Waals surface area contributed by atoms with Gasteiger partial charge in [0.1, 0.15) is 11.6 Å². The average molecular weight is 676 g/mol. The number of methoxy groups -OCH3 is 1. The highest BCUT2D eigenvalue weighted by atomic mass is 32.2. The molecule has 3 heterocycles. The Hall–Kier alpha value is -4.12. The SMILES string of the molecule is CCOC(=O)n1nc(NC(=O)c2ccc(N3CCN(C)CC3)cc2NC(C)COC)c2c1CCN(S(=O)(=O)c1cc(F)cc(F)c1)C2. The summed E-state index contributed by atoms with van der Waals surface area (Å²) in [5.41, 5.74) is 2.41. The summed E-state index contributed by atoms with van der Waals surface area (Å²) in [6.45, 7) is 7.04. The van der Waals surface area contributed by atoms with Crippen LogP contribution in [0.25, 0.3) is 0 Å². The molecule has 16 heteroatoms. The Kier molecular flexibility index (Phi) is 10.4. The lowest BCUT2D eigenvalue weighted by molar-refractivity contribution is 0.102. The number of piperazine rings is 1. The minimum atomic E-state index is -4.36. The third-order valence-corrected chi connectivity index (χ3v) is 9.93. The molecule has 1 aromatic heterocycles. The van der Waals surface area contributed by atoms with Crippen molar-refractivity contribution in [2.45, 2.75) is 37.8 Å². The molecule has 1 saturated heterocycles. The highest BCUT2D eigenvalue weighted by Gasteiger charge is 2.35. The number of benzene rings is 2.